The van der Waals surface area contributed by atoms with Crippen molar-refractivity contribution in [1.29, 1.82) is 0 Å². The predicted molar refractivity (Wildman–Crippen MR) is 67.1 cm³/mol. The van der Waals surface area contributed by atoms with Gasteiger partial charge in [0.15, 0.2) is 11.5 Å². The molecule has 2 heteroatoms. The molecular formula is C14H22O2. The van der Waals surface area contributed by atoms with Crippen LogP contribution < -0.4 is 0 Å². The summed E-state index contributed by atoms with van der Waals surface area (Å²) in [5.41, 5.74) is 3.18. The van der Waals surface area contributed by atoms with Gasteiger partial charge in [0.1, 0.15) is 0 Å². The molecule has 0 aliphatic heterocycles. The van der Waals surface area contributed by atoms with Crippen LogP contribution in [0.4, 0.5) is 0 Å². The van der Waals surface area contributed by atoms with E-state index in [9.17, 15) is 10.2 Å². The maximum atomic E-state index is 9.85. The summed E-state index contributed by atoms with van der Waals surface area (Å²) in [6, 6.07) is 1.67. The summed E-state index contributed by atoms with van der Waals surface area (Å²) in [6.07, 6.45) is 5.14. The lowest BCUT2D eigenvalue weighted by molar-refractivity contribution is 0.397. The van der Waals surface area contributed by atoms with E-state index in [1.165, 1.54) is 6.42 Å². The first-order valence-corrected chi connectivity index (χ1v) is 6.15. The summed E-state index contributed by atoms with van der Waals surface area (Å²) in [6.45, 7) is 6.25. The van der Waals surface area contributed by atoms with Gasteiger partial charge in [-0.1, -0.05) is 26.7 Å². The Balaban J connectivity index is 3.00. The third kappa shape index (κ3) is 2.69. The standard InChI is InChI=1S/C14H22O2/c1-4-6-7-8-12-10(3)11(5-2)9-13(15)14(12)16/h9,15-16H,4-8H2,1-3H3. The fraction of sp³-hybridized carbons (Fsp3) is 0.571. The quantitative estimate of drug-likeness (QED) is 0.589. The van der Waals surface area contributed by atoms with Crippen LogP contribution in [0.25, 0.3) is 0 Å². The second kappa shape index (κ2) is 5.78. The van der Waals surface area contributed by atoms with Gasteiger partial charge in [-0.3, -0.25) is 0 Å². The van der Waals surface area contributed by atoms with E-state index in [4.69, 9.17) is 0 Å². The smallest absolute Gasteiger partial charge is 0.160 e. The number of benzene rings is 1. The van der Waals surface area contributed by atoms with Crippen molar-refractivity contribution >= 4 is 0 Å². The Morgan fingerprint density at radius 3 is 2.38 bits per heavy atom. The van der Waals surface area contributed by atoms with Crippen molar-refractivity contribution in [2.45, 2.75) is 52.9 Å². The topological polar surface area (TPSA) is 40.5 Å². The predicted octanol–water partition coefficient (Wildman–Crippen LogP) is 3.70. The Morgan fingerprint density at radius 1 is 1.12 bits per heavy atom. The van der Waals surface area contributed by atoms with E-state index in [2.05, 4.69) is 13.8 Å². The summed E-state index contributed by atoms with van der Waals surface area (Å²) >= 11 is 0. The average Bonchev–Trinajstić information content (AvgIpc) is 2.28. The van der Waals surface area contributed by atoms with Crippen LogP contribution in [0, 0.1) is 6.92 Å². The fourth-order valence-corrected chi connectivity index (χ4v) is 2.09. The zero-order valence-corrected chi connectivity index (χ0v) is 10.5. The zero-order chi connectivity index (χ0) is 12.1. The molecule has 1 aromatic rings. The highest BCUT2D eigenvalue weighted by molar-refractivity contribution is 5.52. The molecule has 0 aliphatic rings. The first kappa shape index (κ1) is 12.9. The summed E-state index contributed by atoms with van der Waals surface area (Å²) in [7, 11) is 0. The van der Waals surface area contributed by atoms with Crippen molar-refractivity contribution in [2.24, 2.45) is 0 Å². The Hall–Kier alpha value is -1.18. The number of hydrogen-bond donors (Lipinski definition) is 2. The van der Waals surface area contributed by atoms with E-state index in [1.54, 1.807) is 6.07 Å². The number of phenolic OH excluding ortho intramolecular Hbond substituents is 2. The van der Waals surface area contributed by atoms with E-state index in [0.29, 0.717) is 0 Å². The van der Waals surface area contributed by atoms with Crippen LogP contribution in [0.1, 0.15) is 49.8 Å². The molecule has 16 heavy (non-hydrogen) atoms. The molecule has 0 saturated heterocycles. The first-order chi connectivity index (χ1) is 7.61. The van der Waals surface area contributed by atoms with Gasteiger partial charge in [0, 0.05) is 5.56 Å². The summed E-state index contributed by atoms with van der Waals surface area (Å²) in [4.78, 5) is 0. The van der Waals surface area contributed by atoms with E-state index < -0.39 is 0 Å². The van der Waals surface area contributed by atoms with E-state index >= 15 is 0 Å². The van der Waals surface area contributed by atoms with E-state index in [0.717, 1.165) is 42.4 Å². The lowest BCUT2D eigenvalue weighted by atomic mass is 9.95. The molecule has 0 atom stereocenters. The zero-order valence-electron chi connectivity index (χ0n) is 10.5. The van der Waals surface area contributed by atoms with E-state index in [1.807, 2.05) is 6.92 Å². The SMILES string of the molecule is CCCCCc1c(C)c(CC)cc(O)c1O. The van der Waals surface area contributed by atoms with Crippen LogP contribution in [0.15, 0.2) is 6.07 Å². The van der Waals surface area contributed by atoms with Crippen molar-refractivity contribution in [3.8, 4) is 11.5 Å². The molecule has 0 bridgehead atoms. The minimum absolute atomic E-state index is 0.0222. The van der Waals surface area contributed by atoms with Gasteiger partial charge in [-0.05, 0) is 43.4 Å². The molecule has 0 amide bonds. The third-order valence-corrected chi connectivity index (χ3v) is 3.18. The molecular weight excluding hydrogens is 200 g/mol. The highest BCUT2D eigenvalue weighted by Crippen LogP contribution is 2.35. The molecule has 0 aliphatic carbocycles. The Bertz CT molecular complexity index is 356. The lowest BCUT2D eigenvalue weighted by Crippen LogP contribution is -1.96. The Labute approximate surface area is 97.9 Å². The second-order valence-corrected chi connectivity index (χ2v) is 4.32. The molecule has 2 N–H and O–H groups in total. The third-order valence-electron chi connectivity index (χ3n) is 3.18. The summed E-state index contributed by atoms with van der Waals surface area (Å²) in [5, 5.41) is 19.5. The number of aryl methyl sites for hydroxylation is 1. The van der Waals surface area contributed by atoms with Crippen molar-refractivity contribution in [3.63, 3.8) is 0 Å². The van der Waals surface area contributed by atoms with Crippen LogP contribution in [-0.4, -0.2) is 10.2 Å². The van der Waals surface area contributed by atoms with Gasteiger partial charge >= 0.3 is 0 Å². The van der Waals surface area contributed by atoms with Crippen LogP contribution >= 0.6 is 0 Å². The van der Waals surface area contributed by atoms with Gasteiger partial charge in [-0.2, -0.15) is 0 Å². The van der Waals surface area contributed by atoms with Gasteiger partial charge in [-0.15, -0.1) is 0 Å². The number of rotatable bonds is 5. The number of phenols is 2. The first-order valence-electron chi connectivity index (χ1n) is 6.15. The highest BCUT2D eigenvalue weighted by atomic mass is 16.3. The Morgan fingerprint density at radius 2 is 1.81 bits per heavy atom. The molecule has 0 fully saturated rings. The van der Waals surface area contributed by atoms with Gasteiger partial charge < -0.3 is 10.2 Å². The fourth-order valence-electron chi connectivity index (χ4n) is 2.09. The monoisotopic (exact) mass is 222 g/mol. The molecule has 2 nitrogen and oxygen atoms in total. The van der Waals surface area contributed by atoms with Crippen molar-refractivity contribution in [3.05, 3.63) is 22.8 Å². The van der Waals surface area contributed by atoms with Crippen molar-refractivity contribution in [1.82, 2.24) is 0 Å². The van der Waals surface area contributed by atoms with Crippen LogP contribution in [0.5, 0.6) is 11.5 Å². The minimum Gasteiger partial charge on any atom is -0.504 e. The molecule has 1 aromatic carbocycles. The molecule has 0 spiro atoms. The van der Waals surface area contributed by atoms with Gasteiger partial charge in [0.2, 0.25) is 0 Å². The molecule has 0 unspecified atom stereocenters. The molecule has 1 rings (SSSR count). The molecule has 0 saturated carbocycles. The number of aromatic hydroxyl groups is 2. The van der Waals surface area contributed by atoms with Crippen molar-refractivity contribution < 1.29 is 10.2 Å². The molecule has 0 radical (unpaired) electrons. The molecule has 90 valence electrons. The Kier molecular flexibility index (Phi) is 4.66. The summed E-state index contributed by atoms with van der Waals surface area (Å²) < 4.78 is 0. The molecule has 0 aromatic heterocycles. The molecule has 0 heterocycles. The van der Waals surface area contributed by atoms with Crippen molar-refractivity contribution in [2.75, 3.05) is 0 Å². The van der Waals surface area contributed by atoms with Gasteiger partial charge in [0.25, 0.3) is 0 Å². The largest absolute Gasteiger partial charge is 0.504 e. The number of unbranched alkanes of at least 4 members (excludes halogenated alkanes) is 2. The van der Waals surface area contributed by atoms with Crippen LogP contribution in [0.2, 0.25) is 0 Å². The second-order valence-electron chi connectivity index (χ2n) is 4.32. The van der Waals surface area contributed by atoms with Gasteiger partial charge in [0.05, 0.1) is 0 Å². The minimum atomic E-state index is 0.0222. The average molecular weight is 222 g/mol. The van der Waals surface area contributed by atoms with Crippen LogP contribution in [-0.2, 0) is 12.8 Å². The normalized spacial score (nSPS) is 10.7. The highest BCUT2D eigenvalue weighted by Gasteiger charge is 2.12. The van der Waals surface area contributed by atoms with E-state index in [-0.39, 0.29) is 11.5 Å². The maximum absolute atomic E-state index is 9.85. The lowest BCUT2D eigenvalue weighted by Gasteiger charge is -2.13. The maximum Gasteiger partial charge on any atom is 0.160 e. The number of hydrogen-bond acceptors (Lipinski definition) is 2. The van der Waals surface area contributed by atoms with Crippen LogP contribution in [0.3, 0.4) is 0 Å². The van der Waals surface area contributed by atoms with Gasteiger partial charge in [-0.25, -0.2) is 0 Å². The summed E-state index contributed by atoms with van der Waals surface area (Å²) in [5.74, 6) is 0.0970.